The van der Waals surface area contributed by atoms with Crippen molar-refractivity contribution in [3.05, 3.63) is 17.0 Å². The highest BCUT2D eigenvalue weighted by atomic mass is 35.5. The molecule has 0 aromatic carbocycles. The van der Waals surface area contributed by atoms with E-state index < -0.39 is 0 Å². The van der Waals surface area contributed by atoms with Crippen molar-refractivity contribution in [1.82, 2.24) is 9.97 Å². The van der Waals surface area contributed by atoms with Crippen molar-refractivity contribution in [2.24, 2.45) is 5.41 Å². The largest absolute Gasteiger partial charge is 0.355 e. The van der Waals surface area contributed by atoms with Crippen molar-refractivity contribution in [2.75, 3.05) is 18.0 Å². The number of aromatic nitrogens is 2. The SMILES string of the molecule is CCC1(C)CCN(c2cnc(C#N)c(Cl)n2)CC1. The Hall–Kier alpha value is -1.34. The number of hydrogen-bond acceptors (Lipinski definition) is 4. The van der Waals surface area contributed by atoms with E-state index in [1.807, 2.05) is 6.07 Å². The van der Waals surface area contributed by atoms with Gasteiger partial charge in [-0.15, -0.1) is 0 Å². The van der Waals surface area contributed by atoms with Crippen LogP contribution in [-0.4, -0.2) is 23.1 Å². The lowest BCUT2D eigenvalue weighted by Gasteiger charge is -2.39. The topological polar surface area (TPSA) is 52.8 Å². The zero-order valence-electron chi connectivity index (χ0n) is 10.8. The summed E-state index contributed by atoms with van der Waals surface area (Å²) in [4.78, 5) is 10.5. The molecule has 0 unspecified atom stereocenters. The highest BCUT2D eigenvalue weighted by Gasteiger charge is 2.29. The van der Waals surface area contributed by atoms with E-state index in [2.05, 4.69) is 28.7 Å². The second kappa shape index (κ2) is 5.11. The van der Waals surface area contributed by atoms with Gasteiger partial charge in [-0.05, 0) is 18.3 Å². The average Bonchev–Trinajstić information content (AvgIpc) is 2.39. The van der Waals surface area contributed by atoms with Crippen molar-refractivity contribution >= 4 is 17.4 Å². The molecule has 1 saturated heterocycles. The van der Waals surface area contributed by atoms with E-state index in [0.717, 1.165) is 31.7 Å². The van der Waals surface area contributed by atoms with Gasteiger partial charge in [-0.3, -0.25) is 0 Å². The summed E-state index contributed by atoms with van der Waals surface area (Å²) < 4.78 is 0. The summed E-state index contributed by atoms with van der Waals surface area (Å²) in [5, 5.41) is 8.96. The number of halogens is 1. The van der Waals surface area contributed by atoms with Crippen molar-refractivity contribution in [1.29, 1.82) is 5.26 Å². The van der Waals surface area contributed by atoms with E-state index in [-0.39, 0.29) is 10.8 Å². The second-order valence-electron chi connectivity index (χ2n) is 5.13. The number of anilines is 1. The summed E-state index contributed by atoms with van der Waals surface area (Å²) in [6, 6.07) is 1.92. The maximum atomic E-state index is 8.77. The van der Waals surface area contributed by atoms with Gasteiger partial charge in [0.15, 0.2) is 10.8 Å². The highest BCUT2D eigenvalue weighted by Crippen LogP contribution is 2.35. The lowest BCUT2D eigenvalue weighted by molar-refractivity contribution is 0.237. The fraction of sp³-hybridized carbons (Fsp3) is 0.615. The zero-order valence-corrected chi connectivity index (χ0v) is 11.5. The van der Waals surface area contributed by atoms with Gasteiger partial charge in [-0.1, -0.05) is 31.9 Å². The predicted molar refractivity (Wildman–Crippen MR) is 71.6 cm³/mol. The summed E-state index contributed by atoms with van der Waals surface area (Å²) in [7, 11) is 0. The number of piperidine rings is 1. The van der Waals surface area contributed by atoms with E-state index in [9.17, 15) is 0 Å². The molecule has 0 radical (unpaired) electrons. The Morgan fingerprint density at radius 1 is 1.50 bits per heavy atom. The monoisotopic (exact) mass is 264 g/mol. The second-order valence-corrected chi connectivity index (χ2v) is 5.49. The van der Waals surface area contributed by atoms with Crippen molar-refractivity contribution in [2.45, 2.75) is 33.1 Å². The quantitative estimate of drug-likeness (QED) is 0.824. The first-order chi connectivity index (χ1) is 8.58. The Labute approximate surface area is 113 Å². The number of rotatable bonds is 2. The summed E-state index contributed by atoms with van der Waals surface area (Å²) >= 11 is 5.91. The molecule has 1 aliphatic heterocycles. The van der Waals surface area contributed by atoms with Gasteiger partial charge in [0.25, 0.3) is 0 Å². The van der Waals surface area contributed by atoms with Crippen LogP contribution < -0.4 is 4.90 Å². The van der Waals surface area contributed by atoms with Gasteiger partial charge < -0.3 is 4.90 Å². The van der Waals surface area contributed by atoms with Gasteiger partial charge in [0.1, 0.15) is 11.9 Å². The molecular weight excluding hydrogens is 248 g/mol. The van der Waals surface area contributed by atoms with E-state index in [1.54, 1.807) is 6.20 Å². The Balaban J connectivity index is 2.11. The van der Waals surface area contributed by atoms with Crippen LogP contribution >= 0.6 is 11.6 Å². The summed E-state index contributed by atoms with van der Waals surface area (Å²) in [6.45, 7) is 6.53. The van der Waals surface area contributed by atoms with Crippen LogP contribution in [0.3, 0.4) is 0 Å². The van der Waals surface area contributed by atoms with E-state index >= 15 is 0 Å². The van der Waals surface area contributed by atoms with E-state index in [0.29, 0.717) is 5.41 Å². The minimum absolute atomic E-state index is 0.191. The van der Waals surface area contributed by atoms with Crippen LogP contribution in [0, 0.1) is 16.7 Å². The molecule has 18 heavy (non-hydrogen) atoms. The smallest absolute Gasteiger partial charge is 0.178 e. The summed E-state index contributed by atoms with van der Waals surface area (Å²) in [5.74, 6) is 0.775. The Morgan fingerprint density at radius 3 is 2.67 bits per heavy atom. The molecule has 2 rings (SSSR count). The molecule has 0 aliphatic carbocycles. The molecule has 1 aromatic heterocycles. The number of nitriles is 1. The molecule has 5 heteroatoms. The fourth-order valence-corrected chi connectivity index (χ4v) is 2.39. The average molecular weight is 265 g/mol. The minimum Gasteiger partial charge on any atom is -0.355 e. The third kappa shape index (κ3) is 2.56. The molecular formula is C13H17ClN4. The van der Waals surface area contributed by atoms with Crippen LogP contribution in [0.1, 0.15) is 38.8 Å². The predicted octanol–water partition coefficient (Wildman–Crippen LogP) is 3.02. The van der Waals surface area contributed by atoms with Crippen LogP contribution in [0.4, 0.5) is 5.82 Å². The first-order valence-electron chi connectivity index (χ1n) is 6.25. The maximum absolute atomic E-state index is 8.77. The molecule has 2 heterocycles. The molecule has 0 saturated carbocycles. The van der Waals surface area contributed by atoms with Crippen LogP contribution in [0.2, 0.25) is 5.15 Å². The van der Waals surface area contributed by atoms with E-state index in [4.69, 9.17) is 16.9 Å². The number of hydrogen-bond donors (Lipinski definition) is 0. The molecule has 1 aliphatic rings. The molecule has 0 atom stereocenters. The minimum atomic E-state index is 0.191. The van der Waals surface area contributed by atoms with Crippen LogP contribution in [0.5, 0.6) is 0 Å². The third-order valence-electron chi connectivity index (χ3n) is 3.97. The molecule has 0 bridgehead atoms. The van der Waals surface area contributed by atoms with Crippen molar-refractivity contribution in [3.8, 4) is 6.07 Å². The lowest BCUT2D eigenvalue weighted by atomic mass is 9.78. The zero-order chi connectivity index (χ0) is 13.2. The van der Waals surface area contributed by atoms with Crippen LogP contribution in [-0.2, 0) is 0 Å². The maximum Gasteiger partial charge on any atom is 0.178 e. The lowest BCUT2D eigenvalue weighted by Crippen LogP contribution is -2.38. The molecule has 4 nitrogen and oxygen atoms in total. The van der Waals surface area contributed by atoms with Gasteiger partial charge in [-0.25, -0.2) is 9.97 Å². The molecule has 1 fully saturated rings. The van der Waals surface area contributed by atoms with Crippen molar-refractivity contribution in [3.63, 3.8) is 0 Å². The fourth-order valence-electron chi connectivity index (χ4n) is 2.21. The Bertz CT molecular complexity index is 472. The normalized spacial score (nSPS) is 18.4. The van der Waals surface area contributed by atoms with Gasteiger partial charge >= 0.3 is 0 Å². The Morgan fingerprint density at radius 2 is 2.17 bits per heavy atom. The van der Waals surface area contributed by atoms with E-state index in [1.165, 1.54) is 6.42 Å². The van der Waals surface area contributed by atoms with Gasteiger partial charge in [-0.2, -0.15) is 5.26 Å². The molecule has 0 spiro atoms. The first kappa shape index (κ1) is 13.1. The first-order valence-corrected chi connectivity index (χ1v) is 6.63. The third-order valence-corrected chi connectivity index (χ3v) is 4.23. The van der Waals surface area contributed by atoms with Gasteiger partial charge in [0, 0.05) is 13.1 Å². The Kier molecular flexibility index (Phi) is 3.72. The molecule has 0 amide bonds. The van der Waals surface area contributed by atoms with Crippen molar-refractivity contribution < 1.29 is 0 Å². The summed E-state index contributed by atoms with van der Waals surface area (Å²) in [6.07, 6.45) is 5.16. The molecule has 1 aromatic rings. The standard InChI is InChI=1S/C13H17ClN4/c1-3-13(2)4-6-18(7-5-13)11-9-16-10(8-15)12(14)17-11/h9H,3-7H2,1-2H3. The van der Waals surface area contributed by atoms with Crippen LogP contribution in [0.15, 0.2) is 6.20 Å². The molecule has 0 N–H and O–H groups in total. The van der Waals surface area contributed by atoms with Gasteiger partial charge in [0.2, 0.25) is 0 Å². The highest BCUT2D eigenvalue weighted by molar-refractivity contribution is 6.30. The van der Waals surface area contributed by atoms with Gasteiger partial charge in [0.05, 0.1) is 6.20 Å². The summed E-state index contributed by atoms with van der Waals surface area (Å²) in [5.41, 5.74) is 0.635. The number of nitrogens with zero attached hydrogens (tertiary/aromatic N) is 4. The van der Waals surface area contributed by atoms with Crippen LogP contribution in [0.25, 0.3) is 0 Å². The molecule has 96 valence electrons.